The van der Waals surface area contributed by atoms with Crippen molar-refractivity contribution in [1.29, 1.82) is 0 Å². The highest BCUT2D eigenvalue weighted by Gasteiger charge is 2.38. The monoisotopic (exact) mass is 350 g/mol. The summed E-state index contributed by atoms with van der Waals surface area (Å²) < 4.78 is 34.0. The molecule has 1 heterocycles. The first-order valence-corrected chi connectivity index (χ1v) is 7.16. The van der Waals surface area contributed by atoms with Crippen LogP contribution in [0, 0.1) is 5.41 Å². The van der Waals surface area contributed by atoms with Gasteiger partial charge in [0.1, 0.15) is 5.75 Å². The molecule has 0 aromatic heterocycles. The lowest BCUT2D eigenvalue weighted by Crippen LogP contribution is -2.48. The van der Waals surface area contributed by atoms with Crippen molar-refractivity contribution in [2.24, 2.45) is 11.1 Å². The average Bonchev–Trinajstić information content (AvgIpc) is 2.53. The van der Waals surface area contributed by atoms with Gasteiger partial charge in [-0.05, 0) is 30.5 Å². The fraction of sp³-hybridized carbons (Fsp3) is 0.533. The first-order valence-electron chi connectivity index (χ1n) is 7.16. The molecule has 0 saturated carbocycles. The molecule has 0 aliphatic carbocycles. The van der Waals surface area contributed by atoms with Gasteiger partial charge >= 0.3 is 6.61 Å². The molecule has 5 nitrogen and oxygen atoms in total. The van der Waals surface area contributed by atoms with Gasteiger partial charge in [0.2, 0.25) is 5.91 Å². The summed E-state index contributed by atoms with van der Waals surface area (Å²) >= 11 is 0. The molecule has 23 heavy (non-hydrogen) atoms. The van der Waals surface area contributed by atoms with Crippen LogP contribution in [0.1, 0.15) is 18.4 Å². The number of halogens is 3. The highest BCUT2D eigenvalue weighted by Crippen LogP contribution is 2.29. The average molecular weight is 351 g/mol. The van der Waals surface area contributed by atoms with E-state index in [4.69, 9.17) is 10.5 Å². The Hall–Kier alpha value is -1.44. The second-order valence-corrected chi connectivity index (χ2v) is 5.31. The number of carbonyl (C=O) groups excluding carboxylic acids is 1. The largest absolute Gasteiger partial charge is 0.435 e. The number of hydrogen-bond donors (Lipinski definition) is 2. The van der Waals surface area contributed by atoms with Crippen LogP contribution in [0.2, 0.25) is 0 Å². The highest BCUT2D eigenvalue weighted by molar-refractivity contribution is 5.85. The van der Waals surface area contributed by atoms with Crippen molar-refractivity contribution in [2.45, 2.75) is 26.0 Å². The summed E-state index contributed by atoms with van der Waals surface area (Å²) in [6, 6.07) is 6.26. The van der Waals surface area contributed by atoms with E-state index >= 15 is 0 Å². The topological polar surface area (TPSA) is 73.6 Å². The van der Waals surface area contributed by atoms with Gasteiger partial charge in [0.25, 0.3) is 0 Å². The molecule has 1 aromatic rings. The minimum atomic E-state index is -2.87. The molecule has 1 amide bonds. The van der Waals surface area contributed by atoms with E-state index in [1.54, 1.807) is 12.1 Å². The number of carbonyl (C=O) groups is 1. The zero-order chi connectivity index (χ0) is 16.0. The van der Waals surface area contributed by atoms with E-state index in [9.17, 15) is 13.6 Å². The van der Waals surface area contributed by atoms with Crippen molar-refractivity contribution in [2.75, 3.05) is 19.8 Å². The van der Waals surface area contributed by atoms with Crippen LogP contribution in [0.4, 0.5) is 8.78 Å². The van der Waals surface area contributed by atoms with Crippen molar-refractivity contribution >= 4 is 18.3 Å². The molecule has 1 aromatic carbocycles. The van der Waals surface area contributed by atoms with Crippen LogP contribution in [0.3, 0.4) is 0 Å². The third-order valence-electron chi connectivity index (χ3n) is 3.90. The van der Waals surface area contributed by atoms with Crippen molar-refractivity contribution in [3.63, 3.8) is 0 Å². The molecule has 1 fully saturated rings. The van der Waals surface area contributed by atoms with Crippen LogP contribution in [0.25, 0.3) is 0 Å². The molecular weight excluding hydrogens is 330 g/mol. The van der Waals surface area contributed by atoms with Crippen molar-refractivity contribution in [1.82, 2.24) is 5.32 Å². The molecule has 1 aliphatic heterocycles. The predicted octanol–water partition coefficient (Wildman–Crippen LogP) is 2.08. The van der Waals surface area contributed by atoms with Crippen LogP contribution < -0.4 is 15.8 Å². The summed E-state index contributed by atoms with van der Waals surface area (Å²) in [6.07, 6.45) is 1.17. The molecule has 1 aliphatic rings. The summed E-state index contributed by atoms with van der Waals surface area (Å²) in [4.78, 5) is 12.4. The third-order valence-corrected chi connectivity index (χ3v) is 3.90. The van der Waals surface area contributed by atoms with Crippen molar-refractivity contribution < 1.29 is 23.0 Å². The zero-order valence-electron chi connectivity index (χ0n) is 12.6. The quantitative estimate of drug-likeness (QED) is 0.824. The SMILES string of the molecule is Cl.NCC1(C(=O)NCc2cccc(OC(F)F)c2)CCOCC1. The normalized spacial score (nSPS) is 16.5. The van der Waals surface area contributed by atoms with Gasteiger partial charge in [0, 0.05) is 26.3 Å². The van der Waals surface area contributed by atoms with E-state index in [2.05, 4.69) is 10.1 Å². The van der Waals surface area contributed by atoms with E-state index < -0.39 is 12.0 Å². The van der Waals surface area contributed by atoms with Crippen LogP contribution in [-0.2, 0) is 16.1 Å². The molecule has 0 radical (unpaired) electrons. The van der Waals surface area contributed by atoms with Crippen molar-refractivity contribution in [3.05, 3.63) is 29.8 Å². The maximum Gasteiger partial charge on any atom is 0.387 e. The fourth-order valence-corrected chi connectivity index (χ4v) is 2.49. The van der Waals surface area contributed by atoms with Gasteiger partial charge in [0.15, 0.2) is 0 Å². The standard InChI is InChI=1S/C15H20F2N2O3.ClH/c16-14(17)22-12-3-1-2-11(8-12)9-19-13(20)15(10-18)4-6-21-7-5-15;/h1-3,8,14H,4-7,9-10,18H2,(H,19,20);1H. The molecule has 0 atom stereocenters. The Kier molecular flexibility index (Phi) is 7.67. The van der Waals surface area contributed by atoms with Crippen LogP contribution in [0.15, 0.2) is 24.3 Å². The molecule has 3 N–H and O–H groups in total. The predicted molar refractivity (Wildman–Crippen MR) is 83.7 cm³/mol. The Morgan fingerprint density at radius 3 is 2.70 bits per heavy atom. The van der Waals surface area contributed by atoms with E-state index in [0.29, 0.717) is 31.6 Å². The van der Waals surface area contributed by atoms with Gasteiger partial charge in [-0.2, -0.15) is 8.78 Å². The van der Waals surface area contributed by atoms with Crippen LogP contribution >= 0.6 is 12.4 Å². The first kappa shape index (κ1) is 19.6. The van der Waals surface area contributed by atoms with Crippen LogP contribution in [0.5, 0.6) is 5.75 Å². The maximum atomic E-state index is 12.4. The summed E-state index contributed by atoms with van der Waals surface area (Å²) in [5, 5.41) is 2.82. The minimum Gasteiger partial charge on any atom is -0.435 e. The lowest BCUT2D eigenvalue weighted by molar-refractivity contribution is -0.136. The van der Waals surface area contributed by atoms with E-state index in [0.717, 1.165) is 0 Å². The van der Waals surface area contributed by atoms with Gasteiger partial charge in [-0.1, -0.05) is 12.1 Å². The Morgan fingerprint density at radius 1 is 1.39 bits per heavy atom. The second-order valence-electron chi connectivity index (χ2n) is 5.31. The Balaban J connectivity index is 0.00000264. The zero-order valence-corrected chi connectivity index (χ0v) is 13.4. The number of hydrogen-bond acceptors (Lipinski definition) is 4. The van der Waals surface area contributed by atoms with Gasteiger partial charge in [0.05, 0.1) is 5.41 Å². The minimum absolute atomic E-state index is 0. The number of amides is 1. The molecule has 0 unspecified atom stereocenters. The number of nitrogens with one attached hydrogen (secondary N) is 1. The molecule has 8 heteroatoms. The molecule has 0 spiro atoms. The van der Waals surface area contributed by atoms with E-state index in [1.807, 2.05) is 0 Å². The summed E-state index contributed by atoms with van der Waals surface area (Å²) in [5.74, 6) is -0.0557. The van der Waals surface area contributed by atoms with Crippen molar-refractivity contribution in [3.8, 4) is 5.75 Å². The summed E-state index contributed by atoms with van der Waals surface area (Å²) in [6.45, 7) is -1.34. The fourth-order valence-electron chi connectivity index (χ4n) is 2.49. The molecule has 130 valence electrons. The number of ether oxygens (including phenoxy) is 2. The van der Waals surface area contributed by atoms with Gasteiger partial charge in [-0.15, -0.1) is 12.4 Å². The van der Waals surface area contributed by atoms with E-state index in [-0.39, 0.29) is 37.2 Å². The summed E-state index contributed by atoms with van der Waals surface area (Å²) in [7, 11) is 0. The first-order chi connectivity index (χ1) is 10.6. The van der Waals surface area contributed by atoms with Crippen LogP contribution in [-0.4, -0.2) is 32.3 Å². The molecule has 1 saturated heterocycles. The second kappa shape index (κ2) is 9.00. The third kappa shape index (κ3) is 5.30. The Morgan fingerprint density at radius 2 is 2.09 bits per heavy atom. The Labute approximate surface area is 139 Å². The number of nitrogens with two attached hydrogens (primary N) is 1. The van der Waals surface area contributed by atoms with Gasteiger partial charge in [-0.3, -0.25) is 4.79 Å². The van der Waals surface area contributed by atoms with Gasteiger partial charge < -0.3 is 20.5 Å². The number of benzene rings is 1. The molecule has 0 bridgehead atoms. The lowest BCUT2D eigenvalue weighted by atomic mass is 9.79. The molecular formula is C15H21ClF2N2O3. The Bertz CT molecular complexity index is 511. The van der Waals surface area contributed by atoms with E-state index in [1.165, 1.54) is 12.1 Å². The van der Waals surface area contributed by atoms with Gasteiger partial charge in [-0.25, -0.2) is 0 Å². The smallest absolute Gasteiger partial charge is 0.387 e. The number of rotatable bonds is 6. The summed E-state index contributed by atoms with van der Waals surface area (Å²) in [5.41, 5.74) is 5.85. The maximum absolute atomic E-state index is 12.4. The lowest BCUT2D eigenvalue weighted by Gasteiger charge is -2.34. The highest BCUT2D eigenvalue weighted by atomic mass is 35.5. The number of alkyl halides is 2. The molecule has 2 rings (SSSR count).